The van der Waals surface area contributed by atoms with Gasteiger partial charge in [0.15, 0.2) is 0 Å². The first-order valence-corrected chi connectivity index (χ1v) is 6.60. The Hall–Kier alpha value is -2.93. The van der Waals surface area contributed by atoms with Gasteiger partial charge >= 0.3 is 0 Å². The number of hydrogen-bond acceptors (Lipinski definition) is 3. The van der Waals surface area contributed by atoms with Gasteiger partial charge in [-0.1, -0.05) is 30.3 Å². The lowest BCUT2D eigenvalue weighted by Crippen LogP contribution is -2.41. The lowest BCUT2D eigenvalue weighted by Gasteiger charge is -2.26. The lowest BCUT2D eigenvalue weighted by molar-refractivity contribution is -0.128. The molecule has 21 heavy (non-hydrogen) atoms. The van der Waals surface area contributed by atoms with Crippen molar-refractivity contribution in [3.8, 4) is 6.07 Å². The number of hydrogen-bond donors (Lipinski definition) is 0. The van der Waals surface area contributed by atoms with Crippen molar-refractivity contribution in [3.63, 3.8) is 0 Å². The topological polar surface area (TPSA) is 61.2 Å². The first-order chi connectivity index (χ1) is 10.2. The number of rotatable bonds is 2. The van der Waals surface area contributed by atoms with Gasteiger partial charge in [0.25, 0.3) is 5.91 Å². The monoisotopic (exact) mass is 276 g/mol. The Morgan fingerprint density at radius 2 is 1.76 bits per heavy atom. The van der Waals surface area contributed by atoms with E-state index in [1.807, 2.05) is 18.2 Å². The molecule has 1 aliphatic rings. The molecule has 0 aromatic heterocycles. The molecule has 0 bridgehead atoms. The smallest absolute Gasteiger partial charge is 0.261 e. The molecule has 0 spiro atoms. The molecule has 0 saturated carbocycles. The van der Waals surface area contributed by atoms with E-state index in [1.165, 1.54) is 4.90 Å². The van der Waals surface area contributed by atoms with Crippen molar-refractivity contribution in [2.45, 2.75) is 13.0 Å². The highest BCUT2D eigenvalue weighted by Crippen LogP contribution is 2.21. The van der Waals surface area contributed by atoms with Gasteiger partial charge in [-0.3, -0.25) is 14.5 Å². The summed E-state index contributed by atoms with van der Waals surface area (Å²) in [4.78, 5) is 25.8. The maximum absolute atomic E-state index is 12.4. The number of nitriles is 1. The van der Waals surface area contributed by atoms with Crippen LogP contribution in [0.5, 0.6) is 0 Å². The summed E-state index contributed by atoms with van der Waals surface area (Å²) in [5.41, 5.74) is 2.75. The fourth-order valence-corrected chi connectivity index (χ4v) is 2.43. The van der Waals surface area contributed by atoms with Crippen molar-refractivity contribution in [3.05, 3.63) is 70.8 Å². The molecule has 0 atom stereocenters. The van der Waals surface area contributed by atoms with E-state index in [4.69, 9.17) is 5.26 Å². The Morgan fingerprint density at radius 3 is 2.48 bits per heavy atom. The standard InChI is InChI=1S/C17H12N2O2/c18-10-12-5-7-13(8-6-12)11-19-16(20)9-14-3-1-2-4-15(14)17(19)21/h1-8H,9,11H2. The van der Waals surface area contributed by atoms with Crippen LogP contribution in [0.3, 0.4) is 0 Å². The van der Waals surface area contributed by atoms with Gasteiger partial charge in [-0.25, -0.2) is 0 Å². The average molecular weight is 276 g/mol. The summed E-state index contributed by atoms with van der Waals surface area (Å²) in [5.74, 6) is -0.450. The fourth-order valence-electron chi connectivity index (χ4n) is 2.43. The van der Waals surface area contributed by atoms with Gasteiger partial charge in [0.1, 0.15) is 0 Å². The quantitative estimate of drug-likeness (QED) is 0.791. The van der Waals surface area contributed by atoms with E-state index in [9.17, 15) is 9.59 Å². The predicted molar refractivity (Wildman–Crippen MR) is 76.2 cm³/mol. The van der Waals surface area contributed by atoms with E-state index in [0.29, 0.717) is 11.1 Å². The van der Waals surface area contributed by atoms with Crippen LogP contribution in [-0.2, 0) is 17.8 Å². The second-order valence-corrected chi connectivity index (χ2v) is 4.93. The predicted octanol–water partition coefficient (Wildman–Crippen LogP) is 2.28. The molecule has 102 valence electrons. The Balaban J connectivity index is 1.87. The number of amides is 2. The molecule has 0 fully saturated rings. The van der Waals surface area contributed by atoms with E-state index in [-0.39, 0.29) is 24.8 Å². The second-order valence-electron chi connectivity index (χ2n) is 4.93. The third-order valence-electron chi connectivity index (χ3n) is 3.56. The number of fused-ring (bicyclic) bond motifs is 1. The second kappa shape index (κ2) is 5.22. The van der Waals surface area contributed by atoms with Gasteiger partial charge in [0, 0.05) is 5.56 Å². The minimum atomic E-state index is -0.258. The molecule has 2 aromatic carbocycles. The molecule has 0 radical (unpaired) electrons. The summed E-state index contributed by atoms with van der Waals surface area (Å²) < 4.78 is 0. The molecule has 0 N–H and O–H groups in total. The first-order valence-electron chi connectivity index (χ1n) is 6.60. The van der Waals surface area contributed by atoms with Gasteiger partial charge in [0.2, 0.25) is 5.91 Å². The van der Waals surface area contributed by atoms with Gasteiger partial charge in [-0.05, 0) is 29.3 Å². The molecule has 2 aromatic rings. The highest BCUT2D eigenvalue weighted by atomic mass is 16.2. The maximum Gasteiger partial charge on any atom is 0.261 e. The minimum absolute atomic E-state index is 0.192. The summed E-state index contributed by atoms with van der Waals surface area (Å²) in [5, 5.41) is 8.77. The summed E-state index contributed by atoms with van der Waals surface area (Å²) >= 11 is 0. The van der Waals surface area contributed by atoms with Crippen LogP contribution in [0, 0.1) is 11.3 Å². The van der Waals surface area contributed by atoms with Crippen LogP contribution in [0.2, 0.25) is 0 Å². The van der Waals surface area contributed by atoms with Crippen molar-refractivity contribution >= 4 is 11.8 Å². The van der Waals surface area contributed by atoms with Crippen LogP contribution in [0.1, 0.15) is 27.0 Å². The molecule has 0 saturated heterocycles. The van der Waals surface area contributed by atoms with E-state index < -0.39 is 0 Å². The zero-order valence-electron chi connectivity index (χ0n) is 11.2. The molecular formula is C17H12N2O2. The van der Waals surface area contributed by atoms with E-state index in [0.717, 1.165) is 11.1 Å². The van der Waals surface area contributed by atoms with Crippen LogP contribution >= 0.6 is 0 Å². The summed E-state index contributed by atoms with van der Waals surface area (Å²) in [7, 11) is 0. The SMILES string of the molecule is N#Cc1ccc(CN2C(=O)Cc3ccccc3C2=O)cc1. The number of benzene rings is 2. The molecular weight excluding hydrogens is 264 g/mol. The van der Waals surface area contributed by atoms with Gasteiger partial charge in [-0.15, -0.1) is 0 Å². The van der Waals surface area contributed by atoms with Crippen LogP contribution in [-0.4, -0.2) is 16.7 Å². The molecule has 2 amide bonds. The Morgan fingerprint density at radius 1 is 1.05 bits per heavy atom. The minimum Gasteiger partial charge on any atom is -0.274 e. The van der Waals surface area contributed by atoms with Gasteiger partial charge in [-0.2, -0.15) is 5.26 Å². The molecule has 0 unspecified atom stereocenters. The Labute approximate surface area is 122 Å². The third-order valence-corrected chi connectivity index (χ3v) is 3.56. The van der Waals surface area contributed by atoms with Crippen LogP contribution in [0.15, 0.2) is 48.5 Å². The van der Waals surface area contributed by atoms with Crippen molar-refractivity contribution in [2.75, 3.05) is 0 Å². The van der Waals surface area contributed by atoms with Gasteiger partial charge < -0.3 is 0 Å². The molecule has 0 aliphatic carbocycles. The average Bonchev–Trinajstić information content (AvgIpc) is 2.52. The van der Waals surface area contributed by atoms with E-state index in [2.05, 4.69) is 0 Å². The summed E-state index contributed by atoms with van der Waals surface area (Å²) in [6.07, 6.45) is 0.248. The maximum atomic E-state index is 12.4. The number of carbonyl (C=O) groups is 2. The number of nitrogens with zero attached hydrogens (tertiary/aromatic N) is 2. The van der Waals surface area contributed by atoms with Crippen LogP contribution in [0.4, 0.5) is 0 Å². The number of carbonyl (C=O) groups excluding carboxylic acids is 2. The van der Waals surface area contributed by atoms with Crippen LogP contribution < -0.4 is 0 Å². The Bertz CT molecular complexity index is 757. The van der Waals surface area contributed by atoms with Gasteiger partial charge in [0.05, 0.1) is 24.6 Å². The van der Waals surface area contributed by atoms with Crippen molar-refractivity contribution < 1.29 is 9.59 Å². The van der Waals surface area contributed by atoms with Crippen molar-refractivity contribution in [1.82, 2.24) is 4.90 Å². The summed E-state index contributed by atoms with van der Waals surface area (Å²) in [6.45, 7) is 0.234. The highest BCUT2D eigenvalue weighted by molar-refractivity contribution is 6.09. The molecule has 4 heteroatoms. The third kappa shape index (κ3) is 2.41. The lowest BCUT2D eigenvalue weighted by atomic mass is 9.98. The van der Waals surface area contributed by atoms with Crippen molar-refractivity contribution in [1.29, 1.82) is 5.26 Å². The molecule has 1 aliphatic heterocycles. The highest BCUT2D eigenvalue weighted by Gasteiger charge is 2.30. The van der Waals surface area contributed by atoms with Crippen LogP contribution in [0.25, 0.3) is 0 Å². The zero-order chi connectivity index (χ0) is 14.8. The van der Waals surface area contributed by atoms with E-state index in [1.54, 1.807) is 36.4 Å². The van der Waals surface area contributed by atoms with Crippen molar-refractivity contribution in [2.24, 2.45) is 0 Å². The molecule has 1 heterocycles. The molecule has 3 rings (SSSR count). The summed E-state index contributed by atoms with van der Waals surface area (Å²) in [6, 6.07) is 16.1. The first kappa shape index (κ1) is 13.1. The van der Waals surface area contributed by atoms with E-state index >= 15 is 0 Å². The number of imide groups is 1. The largest absolute Gasteiger partial charge is 0.274 e. The Kier molecular flexibility index (Phi) is 3.25. The zero-order valence-corrected chi connectivity index (χ0v) is 11.2. The normalized spacial score (nSPS) is 13.8. The fraction of sp³-hybridized carbons (Fsp3) is 0.118. The molecule has 4 nitrogen and oxygen atoms in total.